The van der Waals surface area contributed by atoms with Crippen LogP contribution in [-0.4, -0.2) is 37.6 Å². The summed E-state index contributed by atoms with van der Waals surface area (Å²) in [5.41, 5.74) is 3.43. The summed E-state index contributed by atoms with van der Waals surface area (Å²) < 4.78 is 28.2. The highest BCUT2D eigenvalue weighted by Gasteiger charge is 2.24. The third-order valence-corrected chi connectivity index (χ3v) is 8.63. The summed E-state index contributed by atoms with van der Waals surface area (Å²) in [6.07, 6.45) is 2.45. The molecule has 1 aromatic heterocycles. The Bertz CT molecular complexity index is 1260. The van der Waals surface area contributed by atoms with Crippen LogP contribution < -0.4 is 14.9 Å². The van der Waals surface area contributed by atoms with Crippen molar-refractivity contribution in [3.05, 3.63) is 65.2 Å². The van der Waals surface area contributed by atoms with Crippen molar-refractivity contribution in [1.82, 2.24) is 14.9 Å². The lowest BCUT2D eigenvalue weighted by Crippen LogP contribution is -2.34. The van der Waals surface area contributed by atoms with E-state index in [0.29, 0.717) is 11.5 Å². The highest BCUT2D eigenvalue weighted by atomic mass is 32.2. The third kappa shape index (κ3) is 5.81. The summed E-state index contributed by atoms with van der Waals surface area (Å²) in [6.45, 7) is 8.04. The number of rotatable bonds is 7. The average molecular weight is 500 g/mol. The van der Waals surface area contributed by atoms with Crippen LogP contribution in [0.1, 0.15) is 54.2 Å². The first-order chi connectivity index (χ1) is 16.2. The number of benzene rings is 2. The van der Waals surface area contributed by atoms with Gasteiger partial charge in [-0.05, 0) is 62.4 Å². The van der Waals surface area contributed by atoms with Crippen molar-refractivity contribution in [3.8, 4) is 0 Å². The largest absolute Gasteiger partial charge is 0.371 e. The molecule has 1 aliphatic heterocycles. The fourth-order valence-electron chi connectivity index (χ4n) is 4.07. The summed E-state index contributed by atoms with van der Waals surface area (Å²) >= 11 is 0.814. The van der Waals surface area contributed by atoms with Crippen LogP contribution in [0.4, 0.5) is 10.8 Å². The number of nitrogens with one attached hydrogen (secondary N) is 2. The Labute approximate surface area is 204 Å². The predicted molar refractivity (Wildman–Crippen MR) is 135 cm³/mol. The predicted octanol–water partition coefficient (Wildman–Crippen LogP) is 4.37. The zero-order chi connectivity index (χ0) is 24.3. The normalized spacial score (nSPS) is 17.4. The first kappa shape index (κ1) is 24.3. The molecule has 2 heterocycles. The molecule has 3 aromatic rings. The number of sulfonamides is 1. The molecule has 1 aliphatic rings. The van der Waals surface area contributed by atoms with Crippen molar-refractivity contribution in [2.24, 2.45) is 5.92 Å². The van der Waals surface area contributed by atoms with Gasteiger partial charge < -0.3 is 4.90 Å². The number of hydrogen-bond acceptors (Lipinski definition) is 7. The van der Waals surface area contributed by atoms with Gasteiger partial charge in [-0.25, -0.2) is 13.1 Å². The fourth-order valence-corrected chi connectivity index (χ4v) is 6.22. The number of carbonyl (C=O) groups excluding carboxylic acids is 1. The molecule has 4 rings (SSSR count). The van der Waals surface area contributed by atoms with E-state index in [4.69, 9.17) is 0 Å². The summed E-state index contributed by atoms with van der Waals surface area (Å²) in [4.78, 5) is 14.8. The second-order valence-corrected chi connectivity index (χ2v) is 11.7. The Balaban J connectivity index is 1.40. The smallest absolute Gasteiger partial charge is 0.270 e. The number of anilines is 2. The summed E-state index contributed by atoms with van der Waals surface area (Å²) in [5, 5.41) is 10.3. The number of hydrogen-bond donors (Lipinski definition) is 2. The number of amides is 1. The van der Waals surface area contributed by atoms with E-state index in [1.165, 1.54) is 12.8 Å². The molecule has 2 N–H and O–H groups in total. The molecule has 2 atom stereocenters. The lowest BCUT2D eigenvalue weighted by Gasteiger charge is -2.33. The molecule has 1 saturated heterocycles. The van der Waals surface area contributed by atoms with Gasteiger partial charge in [0.05, 0.1) is 0 Å². The van der Waals surface area contributed by atoms with Gasteiger partial charge in [0.15, 0.2) is 0 Å². The van der Waals surface area contributed by atoms with Crippen LogP contribution in [0.2, 0.25) is 0 Å². The van der Waals surface area contributed by atoms with Crippen LogP contribution in [0.3, 0.4) is 0 Å². The second kappa shape index (κ2) is 10.2. The zero-order valence-electron chi connectivity index (χ0n) is 19.5. The van der Waals surface area contributed by atoms with E-state index in [0.717, 1.165) is 41.2 Å². The topological polar surface area (TPSA) is 104 Å². The van der Waals surface area contributed by atoms with E-state index in [2.05, 4.69) is 32.1 Å². The van der Waals surface area contributed by atoms with Crippen LogP contribution in [0.5, 0.6) is 0 Å². The molecule has 0 aliphatic carbocycles. The van der Waals surface area contributed by atoms with Gasteiger partial charge >= 0.3 is 0 Å². The average Bonchev–Trinajstić information content (AvgIpc) is 3.28. The Kier molecular flexibility index (Phi) is 7.30. The number of nitrogens with zero attached hydrogens (tertiary/aromatic N) is 3. The standard InChI is InChI=1S/C24H29N5O3S2/c1-16-6-4-8-20(14-16)22(30)25-23-26-27-24(33-23)34(31,32)28-18(3)19-9-11-21(12-10-19)29-13-5-7-17(2)15-29/h4,6,8-12,14,17-18,28H,5,7,13,15H2,1-3H3,(H,25,26,30). The van der Waals surface area contributed by atoms with E-state index in [-0.39, 0.29) is 15.4 Å². The van der Waals surface area contributed by atoms with Gasteiger partial charge in [0.1, 0.15) is 0 Å². The van der Waals surface area contributed by atoms with E-state index >= 15 is 0 Å². The van der Waals surface area contributed by atoms with Crippen molar-refractivity contribution in [2.45, 2.75) is 44.0 Å². The maximum atomic E-state index is 12.9. The molecule has 1 amide bonds. The van der Waals surface area contributed by atoms with Crippen LogP contribution in [0.15, 0.2) is 52.9 Å². The Morgan fingerprint density at radius 1 is 1.18 bits per heavy atom. The molecule has 8 nitrogen and oxygen atoms in total. The molecule has 1 fully saturated rings. The summed E-state index contributed by atoms with van der Waals surface area (Å²) in [7, 11) is -3.90. The van der Waals surface area contributed by atoms with Gasteiger partial charge in [0, 0.05) is 30.4 Å². The van der Waals surface area contributed by atoms with Crippen LogP contribution >= 0.6 is 11.3 Å². The minimum Gasteiger partial charge on any atom is -0.371 e. The molecular weight excluding hydrogens is 470 g/mol. The molecule has 0 radical (unpaired) electrons. The van der Waals surface area contributed by atoms with Crippen molar-refractivity contribution < 1.29 is 13.2 Å². The Morgan fingerprint density at radius 3 is 2.65 bits per heavy atom. The maximum absolute atomic E-state index is 12.9. The van der Waals surface area contributed by atoms with Gasteiger partial charge in [-0.1, -0.05) is 48.1 Å². The maximum Gasteiger partial charge on any atom is 0.270 e. The van der Waals surface area contributed by atoms with Crippen molar-refractivity contribution in [3.63, 3.8) is 0 Å². The van der Waals surface area contributed by atoms with Crippen LogP contribution in [0.25, 0.3) is 0 Å². The number of aromatic nitrogens is 2. The highest BCUT2D eigenvalue weighted by Crippen LogP contribution is 2.26. The van der Waals surface area contributed by atoms with E-state index in [9.17, 15) is 13.2 Å². The van der Waals surface area contributed by atoms with Crippen molar-refractivity contribution in [1.29, 1.82) is 0 Å². The van der Waals surface area contributed by atoms with Crippen LogP contribution in [0, 0.1) is 12.8 Å². The minimum atomic E-state index is -3.90. The number of aryl methyl sites for hydroxylation is 1. The SMILES string of the molecule is Cc1cccc(C(=O)Nc2nnc(S(=O)(=O)NC(C)c3ccc(N4CCCC(C)C4)cc3)s2)c1. The van der Waals surface area contributed by atoms with Gasteiger partial charge in [-0.2, -0.15) is 0 Å². The zero-order valence-corrected chi connectivity index (χ0v) is 21.1. The number of carbonyl (C=O) groups is 1. The molecule has 10 heteroatoms. The minimum absolute atomic E-state index is 0.125. The van der Waals surface area contributed by atoms with Gasteiger partial charge in [-0.3, -0.25) is 10.1 Å². The van der Waals surface area contributed by atoms with E-state index in [1.54, 1.807) is 25.1 Å². The first-order valence-corrected chi connectivity index (χ1v) is 13.6. The molecule has 0 saturated carbocycles. The van der Waals surface area contributed by atoms with E-state index in [1.807, 2.05) is 37.3 Å². The monoisotopic (exact) mass is 499 g/mol. The first-order valence-electron chi connectivity index (χ1n) is 11.3. The molecule has 2 unspecified atom stereocenters. The Morgan fingerprint density at radius 2 is 1.94 bits per heavy atom. The summed E-state index contributed by atoms with van der Waals surface area (Å²) in [6, 6.07) is 14.6. The lowest BCUT2D eigenvalue weighted by molar-refractivity contribution is 0.102. The van der Waals surface area contributed by atoms with Gasteiger partial charge in [-0.15, -0.1) is 10.2 Å². The lowest BCUT2D eigenvalue weighted by atomic mass is 9.99. The summed E-state index contributed by atoms with van der Waals surface area (Å²) in [5.74, 6) is 0.311. The third-order valence-electron chi connectivity index (χ3n) is 5.88. The molecule has 0 bridgehead atoms. The highest BCUT2D eigenvalue weighted by molar-refractivity contribution is 7.91. The Hall–Kier alpha value is -2.82. The van der Waals surface area contributed by atoms with Gasteiger partial charge in [0.25, 0.3) is 15.9 Å². The van der Waals surface area contributed by atoms with Crippen molar-refractivity contribution >= 4 is 38.1 Å². The molecular formula is C24H29N5O3S2. The fraction of sp³-hybridized carbons (Fsp3) is 0.375. The second-order valence-electron chi connectivity index (χ2n) is 8.82. The molecule has 34 heavy (non-hydrogen) atoms. The number of piperidine rings is 1. The molecule has 0 spiro atoms. The van der Waals surface area contributed by atoms with Crippen molar-refractivity contribution in [2.75, 3.05) is 23.3 Å². The quantitative estimate of drug-likeness (QED) is 0.468. The molecule has 2 aromatic carbocycles. The van der Waals surface area contributed by atoms with E-state index < -0.39 is 16.1 Å². The molecule has 180 valence electrons. The van der Waals surface area contributed by atoms with Crippen LogP contribution in [-0.2, 0) is 10.0 Å². The van der Waals surface area contributed by atoms with Gasteiger partial charge in [0.2, 0.25) is 9.47 Å².